The summed E-state index contributed by atoms with van der Waals surface area (Å²) in [4.78, 5) is 0.158. The van der Waals surface area contributed by atoms with Gasteiger partial charge in [0.1, 0.15) is 0 Å². The average Bonchev–Trinajstić information content (AvgIpc) is 2.99. The number of aliphatic hydroxyl groups is 1. The zero-order chi connectivity index (χ0) is 18.9. The summed E-state index contributed by atoms with van der Waals surface area (Å²) in [5, 5.41) is 14.1. The molecule has 1 aromatic heterocycles. The van der Waals surface area contributed by atoms with Gasteiger partial charge >= 0.3 is 0 Å². The SMILES string of the molecule is Cc1ccc(-n2nc(Cl)cc2-c2ccc(S(=O)(=O)CCO)cc2)cc1Cl. The number of aromatic nitrogens is 2. The maximum absolute atomic E-state index is 12.0. The molecular formula is C18H16Cl2N2O3S. The second kappa shape index (κ2) is 7.40. The summed E-state index contributed by atoms with van der Waals surface area (Å²) < 4.78 is 25.7. The lowest BCUT2D eigenvalue weighted by atomic mass is 10.1. The van der Waals surface area contributed by atoms with Gasteiger partial charge in [-0.2, -0.15) is 5.10 Å². The molecule has 0 aliphatic carbocycles. The number of halogens is 2. The molecule has 2 aromatic carbocycles. The molecule has 0 saturated carbocycles. The summed E-state index contributed by atoms with van der Waals surface area (Å²) in [6.07, 6.45) is 0. The normalized spacial score (nSPS) is 11.7. The minimum Gasteiger partial charge on any atom is -0.395 e. The van der Waals surface area contributed by atoms with Gasteiger partial charge in [0.05, 0.1) is 28.6 Å². The van der Waals surface area contributed by atoms with Crippen molar-refractivity contribution in [1.82, 2.24) is 9.78 Å². The molecule has 1 heterocycles. The molecule has 0 unspecified atom stereocenters. The molecule has 0 radical (unpaired) electrons. The van der Waals surface area contributed by atoms with Gasteiger partial charge in [0.2, 0.25) is 0 Å². The molecule has 8 heteroatoms. The van der Waals surface area contributed by atoms with Crippen molar-refractivity contribution in [3.05, 3.63) is 64.3 Å². The van der Waals surface area contributed by atoms with E-state index in [0.29, 0.717) is 15.9 Å². The first-order valence-corrected chi connectivity index (χ1v) is 10.2. The largest absolute Gasteiger partial charge is 0.395 e. The Labute approximate surface area is 161 Å². The molecule has 0 aliphatic heterocycles. The van der Waals surface area contributed by atoms with E-state index in [-0.39, 0.29) is 10.6 Å². The Bertz CT molecular complexity index is 1040. The van der Waals surface area contributed by atoms with Crippen molar-refractivity contribution in [3.63, 3.8) is 0 Å². The van der Waals surface area contributed by atoms with E-state index in [1.165, 1.54) is 12.1 Å². The molecule has 5 nitrogen and oxygen atoms in total. The molecule has 0 saturated heterocycles. The van der Waals surface area contributed by atoms with Crippen molar-refractivity contribution >= 4 is 33.0 Å². The average molecular weight is 411 g/mol. The second-order valence-electron chi connectivity index (χ2n) is 5.76. The first-order valence-electron chi connectivity index (χ1n) is 7.78. The van der Waals surface area contributed by atoms with Crippen LogP contribution in [0.15, 0.2) is 53.4 Å². The smallest absolute Gasteiger partial charge is 0.180 e. The van der Waals surface area contributed by atoms with Crippen LogP contribution in [0.3, 0.4) is 0 Å². The fraction of sp³-hybridized carbons (Fsp3) is 0.167. The molecule has 0 fully saturated rings. The number of aryl methyl sites for hydroxylation is 1. The molecule has 3 aromatic rings. The molecule has 26 heavy (non-hydrogen) atoms. The van der Waals surface area contributed by atoms with Crippen LogP contribution < -0.4 is 0 Å². The molecule has 136 valence electrons. The summed E-state index contributed by atoms with van der Waals surface area (Å²) in [5.74, 6) is -0.308. The van der Waals surface area contributed by atoms with E-state index in [1.807, 2.05) is 19.1 Å². The van der Waals surface area contributed by atoms with Crippen LogP contribution in [-0.4, -0.2) is 35.7 Å². The summed E-state index contributed by atoms with van der Waals surface area (Å²) in [6.45, 7) is 1.50. The summed E-state index contributed by atoms with van der Waals surface area (Å²) >= 11 is 12.3. The predicted octanol–water partition coefficient (Wildman–Crippen LogP) is 3.92. The number of aliphatic hydroxyl groups excluding tert-OH is 1. The lowest BCUT2D eigenvalue weighted by Gasteiger charge is -2.10. The van der Waals surface area contributed by atoms with Crippen LogP contribution in [0.1, 0.15) is 5.56 Å². The third-order valence-electron chi connectivity index (χ3n) is 3.95. The van der Waals surface area contributed by atoms with Gasteiger partial charge in [-0.25, -0.2) is 13.1 Å². The van der Waals surface area contributed by atoms with Crippen LogP contribution in [-0.2, 0) is 9.84 Å². The number of nitrogens with zero attached hydrogens (tertiary/aromatic N) is 2. The minimum atomic E-state index is -3.49. The minimum absolute atomic E-state index is 0.158. The third-order valence-corrected chi connectivity index (χ3v) is 6.25. The lowest BCUT2D eigenvalue weighted by molar-refractivity contribution is 0.319. The van der Waals surface area contributed by atoms with Crippen molar-refractivity contribution in [3.8, 4) is 16.9 Å². The summed E-state index contributed by atoms with van der Waals surface area (Å²) in [5.41, 5.74) is 3.17. The molecular weight excluding hydrogens is 395 g/mol. The van der Waals surface area contributed by atoms with Gasteiger partial charge in [-0.05, 0) is 36.8 Å². The quantitative estimate of drug-likeness (QED) is 0.691. The van der Waals surface area contributed by atoms with Gasteiger partial charge in [-0.15, -0.1) is 0 Å². The van der Waals surface area contributed by atoms with Crippen molar-refractivity contribution in [2.75, 3.05) is 12.4 Å². The van der Waals surface area contributed by atoms with E-state index in [4.69, 9.17) is 28.3 Å². The molecule has 3 rings (SSSR count). The number of benzene rings is 2. The maximum Gasteiger partial charge on any atom is 0.180 e. The van der Waals surface area contributed by atoms with Gasteiger partial charge in [-0.3, -0.25) is 0 Å². The standard InChI is InChI=1S/C18H16Cl2N2O3S/c1-12-2-5-14(10-16(12)19)22-17(11-18(20)21-22)13-3-6-15(7-4-13)26(24,25)9-8-23/h2-7,10-11,23H,8-9H2,1H3. The van der Waals surface area contributed by atoms with Gasteiger partial charge in [0, 0.05) is 16.7 Å². The van der Waals surface area contributed by atoms with Gasteiger partial charge < -0.3 is 5.11 Å². The van der Waals surface area contributed by atoms with E-state index in [1.54, 1.807) is 28.9 Å². The Morgan fingerprint density at radius 1 is 1.08 bits per heavy atom. The first-order chi connectivity index (χ1) is 12.3. The third kappa shape index (κ3) is 3.78. The highest BCUT2D eigenvalue weighted by atomic mass is 35.5. The maximum atomic E-state index is 12.0. The van der Waals surface area contributed by atoms with Crippen LogP contribution in [0.5, 0.6) is 0 Å². The topological polar surface area (TPSA) is 72.2 Å². The first kappa shape index (κ1) is 18.9. The van der Waals surface area contributed by atoms with Crippen LogP contribution in [0.4, 0.5) is 0 Å². The lowest BCUT2D eigenvalue weighted by Crippen LogP contribution is -2.09. The second-order valence-corrected chi connectivity index (χ2v) is 8.67. The van der Waals surface area contributed by atoms with Crippen molar-refractivity contribution < 1.29 is 13.5 Å². The van der Waals surface area contributed by atoms with Crippen molar-refractivity contribution in [2.45, 2.75) is 11.8 Å². The van der Waals surface area contributed by atoms with Crippen molar-refractivity contribution in [1.29, 1.82) is 0 Å². The van der Waals surface area contributed by atoms with Crippen LogP contribution in [0.2, 0.25) is 10.2 Å². The van der Waals surface area contributed by atoms with E-state index in [9.17, 15) is 8.42 Å². The van der Waals surface area contributed by atoms with Gasteiger partial charge in [0.15, 0.2) is 15.0 Å². The Hall–Kier alpha value is -1.86. The van der Waals surface area contributed by atoms with E-state index >= 15 is 0 Å². The Balaban J connectivity index is 2.04. The Kier molecular flexibility index (Phi) is 5.39. The van der Waals surface area contributed by atoms with Crippen LogP contribution in [0.25, 0.3) is 16.9 Å². The van der Waals surface area contributed by atoms with Gasteiger partial charge in [0.25, 0.3) is 0 Å². The number of hydrogen-bond acceptors (Lipinski definition) is 4. The molecule has 0 spiro atoms. The fourth-order valence-corrected chi connectivity index (χ4v) is 3.92. The highest BCUT2D eigenvalue weighted by molar-refractivity contribution is 7.91. The van der Waals surface area contributed by atoms with Gasteiger partial charge in [-0.1, -0.05) is 41.4 Å². The zero-order valence-electron chi connectivity index (χ0n) is 13.9. The van der Waals surface area contributed by atoms with Crippen LogP contribution in [0, 0.1) is 6.92 Å². The number of sulfone groups is 1. The molecule has 0 atom stereocenters. The fourth-order valence-electron chi connectivity index (χ4n) is 2.54. The summed E-state index contributed by atoms with van der Waals surface area (Å²) in [7, 11) is -3.49. The van der Waals surface area contributed by atoms with Crippen molar-refractivity contribution in [2.24, 2.45) is 0 Å². The Morgan fingerprint density at radius 2 is 1.77 bits per heavy atom. The summed E-state index contributed by atoms with van der Waals surface area (Å²) in [6, 6.07) is 13.7. The monoisotopic (exact) mass is 410 g/mol. The molecule has 0 bridgehead atoms. The highest BCUT2D eigenvalue weighted by Crippen LogP contribution is 2.29. The molecule has 1 N–H and O–H groups in total. The van der Waals surface area contributed by atoms with E-state index in [0.717, 1.165) is 16.8 Å². The Morgan fingerprint density at radius 3 is 2.38 bits per heavy atom. The zero-order valence-corrected chi connectivity index (χ0v) is 16.2. The number of rotatable bonds is 5. The highest BCUT2D eigenvalue weighted by Gasteiger charge is 2.16. The van der Waals surface area contributed by atoms with E-state index in [2.05, 4.69) is 5.10 Å². The molecule has 0 amide bonds. The number of hydrogen-bond donors (Lipinski definition) is 1. The van der Waals surface area contributed by atoms with E-state index < -0.39 is 16.4 Å². The van der Waals surface area contributed by atoms with Crippen LogP contribution >= 0.6 is 23.2 Å². The molecule has 0 aliphatic rings. The predicted molar refractivity (Wildman–Crippen MR) is 103 cm³/mol.